The molecule has 0 aromatic heterocycles. The number of hydrogen-bond acceptors (Lipinski definition) is 4. The lowest BCUT2D eigenvalue weighted by Gasteiger charge is -2.16. The number of carboxylic acid groups (broad SMARTS) is 1. The number of carboxylic acids is 1. The number of ether oxygens (including phenoxy) is 1. The van der Waals surface area contributed by atoms with Gasteiger partial charge in [-0.1, -0.05) is 12.1 Å². The average molecular weight is 299 g/mol. The first kappa shape index (κ1) is 16.4. The van der Waals surface area contributed by atoms with Gasteiger partial charge in [0.1, 0.15) is 0 Å². The average Bonchev–Trinajstić information content (AvgIpc) is 2.42. The molecule has 0 atom stereocenters. The zero-order valence-electron chi connectivity index (χ0n) is 11.3. The van der Waals surface area contributed by atoms with Crippen LogP contribution in [-0.4, -0.2) is 51.1 Å². The maximum absolute atomic E-state index is 12.3. The first-order valence-corrected chi connectivity index (χ1v) is 7.28. The Kier molecular flexibility index (Phi) is 5.87. The van der Waals surface area contributed by atoms with Gasteiger partial charge in [-0.2, -0.15) is 4.31 Å². The Morgan fingerprint density at radius 1 is 1.45 bits per heavy atom. The largest absolute Gasteiger partial charge is 0.478 e. The Bertz CT molecular complexity index is 595. The number of nitrogens with zero attached hydrogens (tertiary/aromatic N) is 1. The molecule has 0 spiro atoms. The monoisotopic (exact) mass is 299 g/mol. The highest BCUT2D eigenvalue weighted by Gasteiger charge is 2.20. The van der Waals surface area contributed by atoms with Gasteiger partial charge in [0.2, 0.25) is 10.0 Å². The van der Waals surface area contributed by atoms with Crippen molar-refractivity contribution in [2.45, 2.75) is 4.90 Å². The second-order valence-electron chi connectivity index (χ2n) is 4.06. The van der Waals surface area contributed by atoms with Crippen LogP contribution in [0.15, 0.2) is 35.2 Å². The molecule has 1 rings (SSSR count). The minimum Gasteiger partial charge on any atom is -0.478 e. The van der Waals surface area contributed by atoms with Gasteiger partial charge in [0.15, 0.2) is 0 Å². The summed E-state index contributed by atoms with van der Waals surface area (Å²) < 4.78 is 30.6. The Labute approximate surface area is 118 Å². The molecule has 0 bridgehead atoms. The van der Waals surface area contributed by atoms with Crippen LogP contribution in [0.1, 0.15) is 5.56 Å². The number of rotatable bonds is 7. The zero-order valence-corrected chi connectivity index (χ0v) is 12.1. The van der Waals surface area contributed by atoms with E-state index in [1.54, 1.807) is 12.1 Å². The Morgan fingerprint density at radius 2 is 2.15 bits per heavy atom. The predicted octanol–water partition coefficient (Wildman–Crippen LogP) is 1.05. The fourth-order valence-corrected chi connectivity index (χ4v) is 2.68. The molecule has 0 heterocycles. The summed E-state index contributed by atoms with van der Waals surface area (Å²) in [7, 11) is -0.636. The third-order valence-electron chi connectivity index (χ3n) is 2.59. The summed E-state index contributed by atoms with van der Waals surface area (Å²) in [6.45, 7) is 0.544. The SMILES string of the molecule is COCCN(C)S(=O)(=O)c1cccc(C=CC(=O)O)c1. The standard InChI is InChI=1S/C13H17NO5S/c1-14(8-9-19-2)20(17,18)12-5-3-4-11(10-12)6-7-13(15)16/h3-7,10H,8-9H2,1-2H3,(H,15,16). The maximum atomic E-state index is 12.3. The van der Waals surface area contributed by atoms with Crippen molar-refractivity contribution in [2.24, 2.45) is 0 Å². The molecule has 0 aliphatic rings. The minimum absolute atomic E-state index is 0.114. The van der Waals surface area contributed by atoms with E-state index in [9.17, 15) is 13.2 Å². The molecule has 0 aliphatic heterocycles. The summed E-state index contributed by atoms with van der Waals surface area (Å²) in [6, 6.07) is 6.10. The molecule has 20 heavy (non-hydrogen) atoms. The van der Waals surface area contributed by atoms with Gasteiger partial charge in [-0.15, -0.1) is 0 Å². The van der Waals surface area contributed by atoms with E-state index in [0.29, 0.717) is 12.2 Å². The lowest BCUT2D eigenvalue weighted by atomic mass is 10.2. The van der Waals surface area contributed by atoms with Crippen molar-refractivity contribution >= 4 is 22.1 Å². The number of likely N-dealkylation sites (N-methyl/N-ethyl adjacent to an activating group) is 1. The first-order chi connectivity index (χ1) is 9.37. The van der Waals surface area contributed by atoms with Gasteiger partial charge in [-0.3, -0.25) is 0 Å². The molecule has 1 aromatic carbocycles. The van der Waals surface area contributed by atoms with E-state index in [1.165, 1.54) is 36.7 Å². The lowest BCUT2D eigenvalue weighted by Crippen LogP contribution is -2.30. The quantitative estimate of drug-likeness (QED) is 0.761. The van der Waals surface area contributed by atoms with Crippen molar-refractivity contribution in [2.75, 3.05) is 27.3 Å². The summed E-state index contributed by atoms with van der Waals surface area (Å²) >= 11 is 0. The first-order valence-electron chi connectivity index (χ1n) is 5.84. The Morgan fingerprint density at radius 3 is 2.75 bits per heavy atom. The highest BCUT2D eigenvalue weighted by molar-refractivity contribution is 7.89. The molecule has 0 saturated carbocycles. The summed E-state index contributed by atoms with van der Waals surface area (Å²) in [5.74, 6) is -1.09. The highest BCUT2D eigenvalue weighted by atomic mass is 32.2. The minimum atomic E-state index is -3.60. The summed E-state index contributed by atoms with van der Waals surface area (Å²) in [5.41, 5.74) is 0.508. The zero-order chi connectivity index (χ0) is 15.2. The summed E-state index contributed by atoms with van der Waals surface area (Å²) in [6.07, 6.45) is 2.30. The smallest absolute Gasteiger partial charge is 0.328 e. The van der Waals surface area contributed by atoms with E-state index in [2.05, 4.69) is 0 Å². The van der Waals surface area contributed by atoms with Gasteiger partial charge in [-0.05, 0) is 23.8 Å². The summed E-state index contributed by atoms with van der Waals surface area (Å²) in [5, 5.41) is 8.56. The van der Waals surface area contributed by atoms with Gasteiger partial charge in [0.25, 0.3) is 0 Å². The fraction of sp³-hybridized carbons (Fsp3) is 0.308. The van der Waals surface area contributed by atoms with E-state index in [-0.39, 0.29) is 11.4 Å². The van der Waals surface area contributed by atoms with Crippen molar-refractivity contribution in [1.29, 1.82) is 0 Å². The number of benzene rings is 1. The molecule has 0 aliphatic carbocycles. The summed E-state index contributed by atoms with van der Waals surface area (Å²) in [4.78, 5) is 10.6. The van der Waals surface area contributed by atoms with Crippen molar-refractivity contribution in [3.8, 4) is 0 Å². The highest BCUT2D eigenvalue weighted by Crippen LogP contribution is 2.16. The van der Waals surface area contributed by atoms with Crippen LogP contribution in [0.25, 0.3) is 6.08 Å². The Balaban J connectivity index is 3.01. The van der Waals surface area contributed by atoms with E-state index in [4.69, 9.17) is 9.84 Å². The molecule has 7 heteroatoms. The normalized spacial score (nSPS) is 12.2. The van der Waals surface area contributed by atoms with E-state index >= 15 is 0 Å². The van der Waals surface area contributed by atoms with E-state index in [1.807, 2.05) is 0 Å². The van der Waals surface area contributed by atoms with Gasteiger partial charge >= 0.3 is 5.97 Å². The van der Waals surface area contributed by atoms with Gasteiger partial charge < -0.3 is 9.84 Å². The number of sulfonamides is 1. The van der Waals surface area contributed by atoms with Crippen LogP contribution in [0, 0.1) is 0 Å². The van der Waals surface area contributed by atoms with Crippen LogP contribution >= 0.6 is 0 Å². The van der Waals surface area contributed by atoms with Crippen LogP contribution in [0.2, 0.25) is 0 Å². The van der Waals surface area contributed by atoms with E-state index in [0.717, 1.165) is 6.08 Å². The number of hydrogen-bond donors (Lipinski definition) is 1. The number of carbonyl (C=O) groups is 1. The van der Waals surface area contributed by atoms with Gasteiger partial charge in [0, 0.05) is 26.8 Å². The van der Waals surface area contributed by atoms with Crippen molar-refractivity contribution in [3.05, 3.63) is 35.9 Å². The molecule has 6 nitrogen and oxygen atoms in total. The van der Waals surface area contributed by atoms with Crippen LogP contribution in [-0.2, 0) is 19.6 Å². The molecule has 0 amide bonds. The van der Waals surface area contributed by atoms with Crippen molar-refractivity contribution in [1.82, 2.24) is 4.31 Å². The van der Waals surface area contributed by atoms with Crippen molar-refractivity contribution < 1.29 is 23.1 Å². The molecule has 1 N–H and O–H groups in total. The predicted molar refractivity (Wildman–Crippen MR) is 74.8 cm³/mol. The molecule has 110 valence electrons. The molecule has 0 radical (unpaired) electrons. The van der Waals surface area contributed by atoms with Crippen molar-refractivity contribution in [3.63, 3.8) is 0 Å². The van der Waals surface area contributed by atoms with Gasteiger partial charge in [0.05, 0.1) is 11.5 Å². The second-order valence-corrected chi connectivity index (χ2v) is 6.11. The lowest BCUT2D eigenvalue weighted by molar-refractivity contribution is -0.131. The number of aliphatic carboxylic acids is 1. The fourth-order valence-electron chi connectivity index (χ4n) is 1.47. The molecule has 1 aromatic rings. The van der Waals surface area contributed by atoms with Crippen LogP contribution in [0.5, 0.6) is 0 Å². The van der Waals surface area contributed by atoms with E-state index < -0.39 is 16.0 Å². The van der Waals surface area contributed by atoms with Crippen LogP contribution < -0.4 is 0 Å². The second kappa shape index (κ2) is 7.18. The molecular formula is C13H17NO5S. The van der Waals surface area contributed by atoms with Crippen LogP contribution in [0.4, 0.5) is 0 Å². The third kappa shape index (κ3) is 4.44. The van der Waals surface area contributed by atoms with Gasteiger partial charge in [-0.25, -0.2) is 13.2 Å². The van der Waals surface area contributed by atoms with Crippen LogP contribution in [0.3, 0.4) is 0 Å². The maximum Gasteiger partial charge on any atom is 0.328 e. The number of methoxy groups -OCH3 is 1. The third-order valence-corrected chi connectivity index (χ3v) is 4.45. The molecule has 0 saturated heterocycles. The molecular weight excluding hydrogens is 282 g/mol. The molecule has 0 unspecified atom stereocenters. The Hall–Kier alpha value is -1.70. The molecule has 0 fully saturated rings. The topological polar surface area (TPSA) is 83.9 Å².